The molecule has 0 radical (unpaired) electrons. The van der Waals surface area contributed by atoms with Gasteiger partial charge in [-0.15, -0.1) is 0 Å². The lowest BCUT2D eigenvalue weighted by atomic mass is 10.0. The van der Waals surface area contributed by atoms with Crippen LogP contribution < -0.4 is 16.4 Å². The van der Waals surface area contributed by atoms with E-state index in [1.165, 1.54) is 0 Å². The number of fused-ring (bicyclic) bond motifs is 1. The Morgan fingerprint density at radius 1 is 1.38 bits per heavy atom. The maximum atomic E-state index is 12.1. The molecule has 112 valence electrons. The number of anilines is 1. The number of hydrogen-bond donors (Lipinski definition) is 4. The molecule has 1 aromatic carbocycles. The normalized spacial score (nSPS) is 14.5. The van der Waals surface area contributed by atoms with Crippen LogP contribution in [0.15, 0.2) is 18.2 Å². The Labute approximate surface area is 121 Å². The summed E-state index contributed by atoms with van der Waals surface area (Å²) in [6, 6.07) is 3.84. The van der Waals surface area contributed by atoms with Gasteiger partial charge in [-0.25, -0.2) is 4.79 Å². The van der Waals surface area contributed by atoms with Gasteiger partial charge in [0.05, 0.1) is 6.42 Å². The SMILES string of the molecule is NC(=O)C[C@@H](NC(=O)c1ccc2c(c1)CCCN2)C(=O)O. The minimum atomic E-state index is -1.32. The topological polar surface area (TPSA) is 122 Å². The Morgan fingerprint density at radius 2 is 2.14 bits per heavy atom. The van der Waals surface area contributed by atoms with Crippen molar-refractivity contribution in [2.24, 2.45) is 5.73 Å². The molecule has 0 saturated heterocycles. The monoisotopic (exact) mass is 291 g/mol. The summed E-state index contributed by atoms with van der Waals surface area (Å²) in [6.07, 6.45) is 1.41. The van der Waals surface area contributed by atoms with Crippen molar-refractivity contribution in [1.82, 2.24) is 5.32 Å². The fourth-order valence-corrected chi connectivity index (χ4v) is 2.26. The van der Waals surface area contributed by atoms with Crippen LogP contribution in [0.25, 0.3) is 0 Å². The Morgan fingerprint density at radius 3 is 2.81 bits per heavy atom. The van der Waals surface area contributed by atoms with Crippen LogP contribution in [0, 0.1) is 0 Å². The number of nitrogens with two attached hydrogens (primary N) is 1. The maximum absolute atomic E-state index is 12.1. The number of carboxylic acids is 1. The molecule has 5 N–H and O–H groups in total. The van der Waals surface area contributed by atoms with Crippen LogP contribution in [0.3, 0.4) is 0 Å². The molecule has 2 amide bonds. The molecule has 0 saturated carbocycles. The van der Waals surface area contributed by atoms with Crippen LogP contribution in [0.5, 0.6) is 0 Å². The zero-order valence-corrected chi connectivity index (χ0v) is 11.4. The maximum Gasteiger partial charge on any atom is 0.326 e. The highest BCUT2D eigenvalue weighted by Crippen LogP contribution is 2.22. The lowest BCUT2D eigenvalue weighted by molar-refractivity contribution is -0.140. The molecular weight excluding hydrogens is 274 g/mol. The molecule has 1 atom stereocenters. The average molecular weight is 291 g/mol. The predicted molar refractivity (Wildman–Crippen MR) is 76.0 cm³/mol. The third-order valence-corrected chi connectivity index (χ3v) is 3.31. The fraction of sp³-hybridized carbons (Fsp3) is 0.357. The minimum Gasteiger partial charge on any atom is -0.480 e. The van der Waals surface area contributed by atoms with Crippen molar-refractivity contribution in [3.05, 3.63) is 29.3 Å². The summed E-state index contributed by atoms with van der Waals surface area (Å²) in [5.74, 6) is -2.60. The van der Waals surface area contributed by atoms with E-state index in [0.29, 0.717) is 5.56 Å². The number of nitrogens with one attached hydrogen (secondary N) is 2. The van der Waals surface area contributed by atoms with Gasteiger partial charge in [0.25, 0.3) is 5.91 Å². The first kappa shape index (κ1) is 14.8. The minimum absolute atomic E-state index is 0.369. The first-order chi connectivity index (χ1) is 9.97. The molecule has 0 spiro atoms. The molecule has 7 nitrogen and oxygen atoms in total. The van der Waals surface area contributed by atoms with Crippen LogP contribution in [0.2, 0.25) is 0 Å². The Kier molecular flexibility index (Phi) is 4.42. The van der Waals surface area contributed by atoms with E-state index in [0.717, 1.165) is 30.6 Å². The van der Waals surface area contributed by atoms with Gasteiger partial charge >= 0.3 is 5.97 Å². The second-order valence-electron chi connectivity index (χ2n) is 4.94. The van der Waals surface area contributed by atoms with Crippen molar-refractivity contribution < 1.29 is 19.5 Å². The van der Waals surface area contributed by atoms with E-state index in [1.54, 1.807) is 18.2 Å². The molecule has 0 unspecified atom stereocenters. The summed E-state index contributed by atoms with van der Waals surface area (Å²) in [6.45, 7) is 0.901. The Hall–Kier alpha value is -2.57. The Balaban J connectivity index is 2.12. The van der Waals surface area contributed by atoms with Gasteiger partial charge in [0, 0.05) is 17.8 Å². The molecule has 0 aliphatic carbocycles. The molecule has 1 aromatic rings. The van der Waals surface area contributed by atoms with E-state index < -0.39 is 30.2 Å². The predicted octanol–water partition coefficient (Wildman–Crippen LogP) is 0.103. The van der Waals surface area contributed by atoms with E-state index in [1.807, 2.05) is 0 Å². The molecule has 2 rings (SSSR count). The summed E-state index contributed by atoms with van der Waals surface area (Å²) in [5, 5.41) is 14.5. The number of primary amides is 1. The highest BCUT2D eigenvalue weighted by atomic mass is 16.4. The van der Waals surface area contributed by atoms with E-state index in [9.17, 15) is 14.4 Å². The standard InChI is InChI=1S/C14H17N3O4/c15-12(18)7-11(14(20)21)17-13(19)9-3-4-10-8(6-9)2-1-5-16-10/h3-4,6,11,16H,1-2,5,7H2,(H2,15,18)(H,17,19)(H,20,21)/t11-/m1/s1. The summed E-state index contributed by atoms with van der Waals surface area (Å²) in [4.78, 5) is 33.9. The summed E-state index contributed by atoms with van der Waals surface area (Å²) in [5.41, 5.74) is 7.36. The van der Waals surface area contributed by atoms with Crippen molar-refractivity contribution in [2.75, 3.05) is 11.9 Å². The third kappa shape index (κ3) is 3.71. The van der Waals surface area contributed by atoms with Gasteiger partial charge < -0.3 is 21.5 Å². The van der Waals surface area contributed by atoms with Gasteiger partial charge in [-0.1, -0.05) is 0 Å². The van der Waals surface area contributed by atoms with Crippen LogP contribution in [-0.4, -0.2) is 35.5 Å². The van der Waals surface area contributed by atoms with Gasteiger partial charge in [0.15, 0.2) is 0 Å². The summed E-state index contributed by atoms with van der Waals surface area (Å²) in [7, 11) is 0. The molecule has 1 aliphatic heterocycles. The van der Waals surface area contributed by atoms with Gasteiger partial charge in [-0.2, -0.15) is 0 Å². The third-order valence-electron chi connectivity index (χ3n) is 3.31. The molecule has 21 heavy (non-hydrogen) atoms. The van der Waals surface area contributed by atoms with E-state index >= 15 is 0 Å². The van der Waals surface area contributed by atoms with Crippen LogP contribution >= 0.6 is 0 Å². The number of amides is 2. The number of hydrogen-bond acceptors (Lipinski definition) is 4. The molecule has 1 aliphatic rings. The first-order valence-electron chi connectivity index (χ1n) is 6.66. The van der Waals surface area contributed by atoms with Crippen molar-refractivity contribution in [1.29, 1.82) is 0 Å². The van der Waals surface area contributed by atoms with Crippen LogP contribution in [0.4, 0.5) is 5.69 Å². The van der Waals surface area contributed by atoms with Gasteiger partial charge in [-0.3, -0.25) is 9.59 Å². The number of rotatable bonds is 5. The van der Waals surface area contributed by atoms with Crippen molar-refractivity contribution in [3.8, 4) is 0 Å². The largest absolute Gasteiger partial charge is 0.480 e. The fourth-order valence-electron chi connectivity index (χ4n) is 2.26. The van der Waals surface area contributed by atoms with Gasteiger partial charge in [0.2, 0.25) is 5.91 Å². The molecule has 0 fully saturated rings. The number of benzene rings is 1. The summed E-state index contributed by atoms with van der Waals surface area (Å²) >= 11 is 0. The molecule has 1 heterocycles. The number of aryl methyl sites for hydroxylation is 1. The van der Waals surface area contributed by atoms with Crippen molar-refractivity contribution in [3.63, 3.8) is 0 Å². The van der Waals surface area contributed by atoms with E-state index in [2.05, 4.69) is 10.6 Å². The smallest absolute Gasteiger partial charge is 0.326 e. The molecule has 7 heteroatoms. The number of carbonyl (C=O) groups excluding carboxylic acids is 2. The number of carboxylic acid groups (broad SMARTS) is 1. The number of aliphatic carboxylic acids is 1. The van der Waals surface area contributed by atoms with E-state index in [-0.39, 0.29) is 0 Å². The van der Waals surface area contributed by atoms with Crippen LogP contribution in [-0.2, 0) is 16.0 Å². The van der Waals surface area contributed by atoms with Crippen molar-refractivity contribution in [2.45, 2.75) is 25.3 Å². The van der Waals surface area contributed by atoms with Gasteiger partial charge in [-0.05, 0) is 36.6 Å². The van der Waals surface area contributed by atoms with E-state index in [4.69, 9.17) is 10.8 Å². The molecular formula is C14H17N3O4. The quantitative estimate of drug-likeness (QED) is 0.613. The second-order valence-corrected chi connectivity index (χ2v) is 4.94. The summed E-state index contributed by atoms with van der Waals surface area (Å²) < 4.78 is 0. The van der Waals surface area contributed by atoms with Crippen LogP contribution in [0.1, 0.15) is 28.8 Å². The average Bonchev–Trinajstić information content (AvgIpc) is 2.45. The molecule has 0 bridgehead atoms. The second kappa shape index (κ2) is 6.25. The first-order valence-corrected chi connectivity index (χ1v) is 6.66. The number of carbonyl (C=O) groups is 3. The lowest BCUT2D eigenvalue weighted by Crippen LogP contribution is -2.43. The molecule has 0 aromatic heterocycles. The Bertz CT molecular complexity index is 586. The van der Waals surface area contributed by atoms with Gasteiger partial charge in [0.1, 0.15) is 6.04 Å². The zero-order chi connectivity index (χ0) is 15.4. The highest BCUT2D eigenvalue weighted by molar-refractivity contribution is 5.98. The van der Waals surface area contributed by atoms with Crippen molar-refractivity contribution >= 4 is 23.5 Å². The zero-order valence-electron chi connectivity index (χ0n) is 11.4. The highest BCUT2D eigenvalue weighted by Gasteiger charge is 2.23. The lowest BCUT2D eigenvalue weighted by Gasteiger charge is -2.19.